The summed E-state index contributed by atoms with van der Waals surface area (Å²) in [6.45, 7) is 6.17. The van der Waals surface area contributed by atoms with Crippen molar-refractivity contribution in [1.82, 2.24) is 19.6 Å². The summed E-state index contributed by atoms with van der Waals surface area (Å²) in [5.41, 5.74) is 2.69. The molecule has 6 unspecified atom stereocenters. The minimum atomic E-state index is -1.37. The Hall–Kier alpha value is -4.82. The van der Waals surface area contributed by atoms with E-state index in [0.29, 0.717) is 45.8 Å². The van der Waals surface area contributed by atoms with E-state index < -0.39 is 46.8 Å². The third-order valence-electron chi connectivity index (χ3n) is 14.3. The molecule has 5 aliphatic rings. The number of aryl methyl sites for hydroxylation is 2. The summed E-state index contributed by atoms with van der Waals surface area (Å²) in [5, 5.41) is 18.4. The lowest BCUT2D eigenvalue weighted by Crippen LogP contribution is -2.49. The van der Waals surface area contributed by atoms with E-state index in [1.807, 2.05) is 56.3 Å². The number of anilines is 1. The fraction of sp³-hybridized carbons (Fsp3) is 0.383. The van der Waals surface area contributed by atoms with Crippen LogP contribution in [0.4, 0.5) is 5.82 Å². The fourth-order valence-electron chi connectivity index (χ4n) is 11.3. The molecule has 6 atom stereocenters. The fourth-order valence-corrected chi connectivity index (χ4v) is 13.1. The summed E-state index contributed by atoms with van der Waals surface area (Å²) >= 11 is 11.5. The maximum absolute atomic E-state index is 15.3. The Kier molecular flexibility index (Phi) is 9.85. The Morgan fingerprint density at radius 3 is 2.48 bits per heavy atom. The highest BCUT2D eigenvalue weighted by Crippen LogP contribution is 2.65. The molecular formula is C47H45BrClN5O6S. The van der Waals surface area contributed by atoms with Gasteiger partial charge in [0.15, 0.2) is 11.5 Å². The number of aromatic nitrogens is 2. The van der Waals surface area contributed by atoms with Crippen LogP contribution in [0.25, 0.3) is 20.7 Å². The van der Waals surface area contributed by atoms with Crippen molar-refractivity contribution in [3.63, 3.8) is 0 Å². The summed E-state index contributed by atoms with van der Waals surface area (Å²) < 4.78 is 8.85. The highest BCUT2D eigenvalue weighted by molar-refractivity contribution is 9.10. The quantitative estimate of drug-likeness (QED) is 0.127. The summed E-state index contributed by atoms with van der Waals surface area (Å²) in [7, 11) is 3.19. The molecule has 0 spiro atoms. The van der Waals surface area contributed by atoms with Gasteiger partial charge in [-0.15, -0.1) is 11.3 Å². The van der Waals surface area contributed by atoms with Gasteiger partial charge in [-0.05, 0) is 92.3 Å². The molecular weight excluding hydrogens is 878 g/mol. The normalized spacial score (nSPS) is 26.9. The second kappa shape index (κ2) is 14.9. The minimum absolute atomic E-state index is 0.140. The van der Waals surface area contributed by atoms with Crippen LogP contribution >= 0.6 is 38.9 Å². The summed E-state index contributed by atoms with van der Waals surface area (Å²) in [5.74, 6) is -4.23. The van der Waals surface area contributed by atoms with E-state index in [2.05, 4.69) is 33.0 Å². The molecule has 314 valence electrons. The molecule has 2 aliphatic carbocycles. The van der Waals surface area contributed by atoms with Gasteiger partial charge in [0, 0.05) is 64.5 Å². The van der Waals surface area contributed by atoms with E-state index in [-0.39, 0.29) is 35.8 Å². The van der Waals surface area contributed by atoms with Gasteiger partial charge in [0.05, 0.1) is 35.2 Å². The van der Waals surface area contributed by atoms with E-state index in [4.69, 9.17) is 21.4 Å². The van der Waals surface area contributed by atoms with Crippen LogP contribution in [0.1, 0.15) is 55.2 Å². The SMILES string of the molecule is COc1cc(Br)cc(C2C3=CCC4C(=O)N(C5CCN(Cc6ccccc6)CC5)C(=O)C4C3CC3C(=O)N(c4cc(-c5sc6ccc(Cl)cc6c5C)nn4C)C(=O)C32C)c1O. The molecule has 5 heterocycles. The van der Waals surface area contributed by atoms with Crippen LogP contribution in [0.2, 0.25) is 5.02 Å². The maximum atomic E-state index is 15.3. The molecule has 1 saturated carbocycles. The number of aromatic hydroxyl groups is 1. The number of thiophene rings is 1. The van der Waals surface area contributed by atoms with Crippen molar-refractivity contribution >= 4 is 78.4 Å². The van der Waals surface area contributed by atoms with Crippen LogP contribution in [0, 0.1) is 36.0 Å². The highest BCUT2D eigenvalue weighted by atomic mass is 79.9. The van der Waals surface area contributed by atoms with E-state index >= 15 is 9.59 Å². The van der Waals surface area contributed by atoms with E-state index in [1.165, 1.54) is 17.6 Å². The summed E-state index contributed by atoms with van der Waals surface area (Å²) in [6.07, 6.45) is 3.92. The Labute approximate surface area is 371 Å². The number of carbonyl (C=O) groups is 4. The number of benzene rings is 3. The van der Waals surface area contributed by atoms with Gasteiger partial charge in [-0.2, -0.15) is 5.10 Å². The monoisotopic (exact) mass is 921 g/mol. The lowest BCUT2D eigenvalue weighted by molar-refractivity contribution is -0.144. The minimum Gasteiger partial charge on any atom is -0.504 e. The average Bonchev–Trinajstić information content (AvgIpc) is 3.92. The van der Waals surface area contributed by atoms with Crippen LogP contribution in [0.15, 0.2) is 82.9 Å². The van der Waals surface area contributed by atoms with Gasteiger partial charge in [-0.3, -0.25) is 33.7 Å². The number of fused-ring (bicyclic) bond motifs is 5. The predicted molar refractivity (Wildman–Crippen MR) is 237 cm³/mol. The summed E-state index contributed by atoms with van der Waals surface area (Å²) in [4.78, 5) is 65.7. The number of ether oxygens (including phenoxy) is 1. The molecule has 3 aromatic carbocycles. The Bertz CT molecular complexity index is 2710. The second-order valence-corrected chi connectivity index (χ2v) is 19.9. The van der Waals surface area contributed by atoms with Gasteiger partial charge in [0.2, 0.25) is 23.6 Å². The Morgan fingerprint density at radius 2 is 1.74 bits per heavy atom. The number of likely N-dealkylation sites (tertiary alicyclic amines) is 2. The zero-order chi connectivity index (χ0) is 42.6. The largest absolute Gasteiger partial charge is 0.504 e. The van der Waals surface area contributed by atoms with Crippen molar-refractivity contribution < 1.29 is 29.0 Å². The average molecular weight is 923 g/mol. The van der Waals surface area contributed by atoms with Gasteiger partial charge < -0.3 is 9.84 Å². The van der Waals surface area contributed by atoms with Crippen LogP contribution in [0.3, 0.4) is 0 Å². The van der Waals surface area contributed by atoms with Crippen LogP contribution < -0.4 is 9.64 Å². The number of carbonyl (C=O) groups excluding carboxylic acids is 4. The first kappa shape index (κ1) is 40.3. The molecule has 0 bridgehead atoms. The molecule has 10 rings (SSSR count). The molecule has 61 heavy (non-hydrogen) atoms. The van der Waals surface area contributed by atoms with Crippen molar-refractivity contribution in [3.8, 4) is 22.1 Å². The Morgan fingerprint density at radius 1 is 0.984 bits per heavy atom. The number of allylic oxidation sites excluding steroid dienone is 2. The lowest BCUT2D eigenvalue weighted by Gasteiger charge is -2.49. The first-order chi connectivity index (χ1) is 29.3. The van der Waals surface area contributed by atoms with Crippen LogP contribution in [-0.4, -0.2) is 74.6 Å². The number of piperidine rings is 1. The van der Waals surface area contributed by atoms with Crippen LogP contribution in [-0.2, 0) is 32.8 Å². The second-order valence-electron chi connectivity index (χ2n) is 17.5. The molecule has 3 aliphatic heterocycles. The number of nitrogens with zero attached hydrogens (tertiary/aromatic N) is 5. The molecule has 5 aromatic rings. The smallest absolute Gasteiger partial charge is 0.242 e. The molecule has 1 N–H and O–H groups in total. The van der Waals surface area contributed by atoms with Crippen molar-refractivity contribution in [2.24, 2.45) is 36.1 Å². The van der Waals surface area contributed by atoms with Gasteiger partial charge in [0.1, 0.15) is 11.5 Å². The highest BCUT2D eigenvalue weighted by Gasteiger charge is 2.68. The van der Waals surface area contributed by atoms with Crippen molar-refractivity contribution in [3.05, 3.63) is 105 Å². The number of amides is 4. The van der Waals surface area contributed by atoms with Gasteiger partial charge in [-0.25, -0.2) is 4.90 Å². The van der Waals surface area contributed by atoms with Crippen LogP contribution in [0.5, 0.6) is 11.5 Å². The third-order valence-corrected chi connectivity index (χ3v) is 16.3. The molecule has 11 nitrogen and oxygen atoms in total. The van der Waals surface area contributed by atoms with Gasteiger partial charge >= 0.3 is 0 Å². The molecule has 4 amide bonds. The molecule has 4 fully saturated rings. The molecule has 14 heteroatoms. The Balaban J connectivity index is 1.02. The standard InChI is InChI=1S/C47H45BrClN5O6S/c1-24-31-20-27(49)10-13-37(31)61-42(24)35-22-38(51(3)50-35)54-44(57)34-21-32-29(40(47(34,2)46(54)59)33-18-26(48)19-36(60-4)41(33)55)11-12-30-39(32)45(58)53(43(30)56)28-14-16-52(17-15-28)23-25-8-6-5-7-9-25/h5-11,13,18-20,22,28,30,32,34,39-40,55H,12,14-17,21,23H2,1-4H3. The molecule has 2 aromatic heterocycles. The third kappa shape index (κ3) is 6.16. The number of rotatable bonds is 7. The number of hydrogen-bond acceptors (Lipinski definition) is 9. The topological polar surface area (TPSA) is 125 Å². The van der Waals surface area contributed by atoms with Crippen molar-refractivity contribution in [2.45, 2.75) is 58.0 Å². The number of phenols is 1. The van der Waals surface area contributed by atoms with Gasteiger partial charge in [-0.1, -0.05) is 69.5 Å². The summed E-state index contributed by atoms with van der Waals surface area (Å²) in [6, 6.07) is 21.1. The van der Waals surface area contributed by atoms with Crippen molar-refractivity contribution in [2.75, 3.05) is 25.1 Å². The number of imide groups is 2. The number of phenolic OH excluding ortho intramolecular Hbond substituents is 1. The van der Waals surface area contributed by atoms with Gasteiger partial charge in [0.25, 0.3) is 0 Å². The zero-order valence-electron chi connectivity index (χ0n) is 34.2. The lowest BCUT2D eigenvalue weighted by atomic mass is 9.51. The number of halogens is 2. The first-order valence-corrected chi connectivity index (χ1v) is 22.8. The van der Waals surface area contributed by atoms with E-state index in [0.717, 1.165) is 45.7 Å². The maximum Gasteiger partial charge on any atom is 0.242 e. The molecule has 0 radical (unpaired) electrons. The first-order valence-electron chi connectivity index (χ1n) is 20.8. The van der Waals surface area contributed by atoms with E-state index in [1.54, 1.807) is 46.2 Å². The zero-order valence-corrected chi connectivity index (χ0v) is 37.4. The number of methoxy groups -OCH3 is 1. The molecule has 3 saturated heterocycles. The van der Waals surface area contributed by atoms with E-state index in [9.17, 15) is 14.7 Å². The van der Waals surface area contributed by atoms with Crippen molar-refractivity contribution in [1.29, 1.82) is 0 Å². The number of hydrogen-bond donors (Lipinski definition) is 1. The predicted octanol–water partition coefficient (Wildman–Crippen LogP) is 8.64.